The Morgan fingerprint density at radius 2 is 1.92 bits per heavy atom. The van der Waals surface area contributed by atoms with Crippen LogP contribution >= 0.6 is 0 Å². The summed E-state index contributed by atoms with van der Waals surface area (Å²) in [6.07, 6.45) is 1.70. The smallest absolute Gasteiger partial charge is 0.331 e. The third-order valence-corrected chi connectivity index (χ3v) is 3.47. The Kier molecular flexibility index (Phi) is 6.21. The summed E-state index contributed by atoms with van der Waals surface area (Å²) in [5.41, 5.74) is 1.69. The van der Waals surface area contributed by atoms with Gasteiger partial charge in [0.2, 0.25) is 0 Å². The maximum absolute atomic E-state index is 12.1. The molecule has 0 saturated carbocycles. The molecule has 2 aromatic carbocycles. The fourth-order valence-corrected chi connectivity index (χ4v) is 2.18. The lowest BCUT2D eigenvalue weighted by atomic mass is 10.1. The summed E-state index contributed by atoms with van der Waals surface area (Å²) < 4.78 is 5.03. The zero-order valence-electron chi connectivity index (χ0n) is 14.3. The Balaban J connectivity index is 1.96. The van der Waals surface area contributed by atoms with Gasteiger partial charge in [-0.05, 0) is 31.6 Å². The molecule has 26 heavy (non-hydrogen) atoms. The van der Waals surface area contributed by atoms with Crippen molar-refractivity contribution in [3.8, 4) is 0 Å². The van der Waals surface area contributed by atoms with Gasteiger partial charge in [0.1, 0.15) is 5.69 Å². The molecule has 134 valence electrons. The van der Waals surface area contributed by atoms with Crippen LogP contribution in [0.25, 0.3) is 6.08 Å². The molecule has 0 aliphatic rings. The van der Waals surface area contributed by atoms with E-state index in [1.54, 1.807) is 12.1 Å². The number of para-hydroxylation sites is 2. The van der Waals surface area contributed by atoms with Crippen LogP contribution in [0, 0.1) is 17.0 Å². The van der Waals surface area contributed by atoms with Crippen molar-refractivity contribution in [1.29, 1.82) is 0 Å². The Morgan fingerprint density at radius 3 is 2.62 bits per heavy atom. The van der Waals surface area contributed by atoms with Crippen molar-refractivity contribution < 1.29 is 19.2 Å². The number of nitro groups is 1. The normalized spacial score (nSPS) is 11.8. The highest BCUT2D eigenvalue weighted by atomic mass is 16.6. The number of aryl methyl sites for hydroxylation is 1. The molecule has 2 rings (SSSR count). The number of amides is 1. The summed E-state index contributed by atoms with van der Waals surface area (Å²) in [5.74, 6) is -1.34. The number of carbonyl (C=O) groups is 2. The lowest BCUT2D eigenvalue weighted by Crippen LogP contribution is -2.29. The number of nitro benzene ring substituents is 1. The lowest BCUT2D eigenvalue weighted by molar-refractivity contribution is -0.383. The molecule has 0 aliphatic heterocycles. The first-order chi connectivity index (χ1) is 12.4. The van der Waals surface area contributed by atoms with Crippen LogP contribution in [0.5, 0.6) is 0 Å². The second kappa shape index (κ2) is 8.57. The molecule has 1 amide bonds. The molecule has 0 unspecified atom stereocenters. The molecule has 7 nitrogen and oxygen atoms in total. The first-order valence-electron chi connectivity index (χ1n) is 7.86. The predicted octanol–water partition coefficient (Wildman–Crippen LogP) is 3.49. The zero-order chi connectivity index (χ0) is 19.1. The van der Waals surface area contributed by atoms with E-state index in [1.165, 1.54) is 31.2 Å². The van der Waals surface area contributed by atoms with E-state index in [1.807, 2.05) is 31.2 Å². The molecular formula is C19H18N2O5. The monoisotopic (exact) mass is 354 g/mol. The number of nitrogens with one attached hydrogen (secondary N) is 1. The van der Waals surface area contributed by atoms with Crippen LogP contribution in [0.2, 0.25) is 0 Å². The van der Waals surface area contributed by atoms with Crippen molar-refractivity contribution in [3.05, 3.63) is 75.8 Å². The van der Waals surface area contributed by atoms with Gasteiger partial charge < -0.3 is 10.1 Å². The Morgan fingerprint density at radius 1 is 1.19 bits per heavy atom. The minimum Gasteiger partial charge on any atom is -0.449 e. The summed E-state index contributed by atoms with van der Waals surface area (Å²) in [5, 5.41) is 13.4. The van der Waals surface area contributed by atoms with E-state index in [9.17, 15) is 19.7 Å². The molecule has 0 aromatic heterocycles. The van der Waals surface area contributed by atoms with Gasteiger partial charge in [-0.1, -0.05) is 42.0 Å². The maximum Gasteiger partial charge on any atom is 0.331 e. The molecular weight excluding hydrogens is 336 g/mol. The first kappa shape index (κ1) is 18.9. The predicted molar refractivity (Wildman–Crippen MR) is 97.5 cm³/mol. The number of nitrogens with zero attached hydrogens (tertiary/aromatic N) is 1. The van der Waals surface area contributed by atoms with Crippen molar-refractivity contribution in [2.75, 3.05) is 5.32 Å². The molecule has 1 N–H and O–H groups in total. The SMILES string of the molecule is Cc1cccc(/C=C/C(=O)O[C@@H](C)C(=O)Nc2ccccc2[N+](=O)[O-])c1. The average Bonchev–Trinajstić information content (AvgIpc) is 2.60. The molecule has 0 spiro atoms. The van der Waals surface area contributed by atoms with Crippen molar-refractivity contribution in [1.82, 2.24) is 0 Å². The van der Waals surface area contributed by atoms with Crippen molar-refractivity contribution >= 4 is 29.3 Å². The Hall–Kier alpha value is -3.48. The molecule has 1 atom stereocenters. The fraction of sp³-hybridized carbons (Fsp3) is 0.158. The highest BCUT2D eigenvalue weighted by molar-refractivity contribution is 5.98. The van der Waals surface area contributed by atoms with Crippen LogP contribution in [0.15, 0.2) is 54.6 Å². The van der Waals surface area contributed by atoms with Gasteiger partial charge in [0.05, 0.1) is 4.92 Å². The largest absolute Gasteiger partial charge is 0.449 e. The van der Waals surface area contributed by atoms with Gasteiger partial charge in [-0.2, -0.15) is 0 Å². The van der Waals surface area contributed by atoms with Gasteiger partial charge in [0.25, 0.3) is 11.6 Å². The van der Waals surface area contributed by atoms with Crippen molar-refractivity contribution in [2.24, 2.45) is 0 Å². The molecule has 0 bridgehead atoms. The molecule has 2 aromatic rings. The molecule has 0 aliphatic carbocycles. The van der Waals surface area contributed by atoms with E-state index in [-0.39, 0.29) is 11.4 Å². The minimum atomic E-state index is -1.11. The van der Waals surface area contributed by atoms with E-state index >= 15 is 0 Å². The fourth-order valence-electron chi connectivity index (χ4n) is 2.18. The average molecular weight is 354 g/mol. The number of carbonyl (C=O) groups excluding carboxylic acids is 2. The summed E-state index contributed by atoms with van der Waals surface area (Å²) in [6.45, 7) is 3.33. The maximum atomic E-state index is 12.1. The lowest BCUT2D eigenvalue weighted by Gasteiger charge is -2.12. The van der Waals surface area contributed by atoms with Gasteiger partial charge in [-0.15, -0.1) is 0 Å². The highest BCUT2D eigenvalue weighted by Crippen LogP contribution is 2.23. The second-order valence-corrected chi connectivity index (χ2v) is 5.59. The molecule has 0 saturated heterocycles. The van der Waals surface area contributed by atoms with Crippen LogP contribution in [0.3, 0.4) is 0 Å². The molecule has 0 radical (unpaired) electrons. The first-order valence-corrected chi connectivity index (χ1v) is 7.86. The van der Waals surface area contributed by atoms with Crippen LogP contribution < -0.4 is 5.32 Å². The summed E-state index contributed by atoms with van der Waals surface area (Å²) in [4.78, 5) is 34.3. The number of esters is 1. The van der Waals surface area contributed by atoms with Gasteiger partial charge in [-0.3, -0.25) is 14.9 Å². The van der Waals surface area contributed by atoms with Gasteiger partial charge in [0, 0.05) is 12.1 Å². The van der Waals surface area contributed by atoms with Gasteiger partial charge >= 0.3 is 5.97 Å². The molecule has 7 heteroatoms. The minimum absolute atomic E-state index is 0.0423. The quantitative estimate of drug-likeness (QED) is 0.370. The second-order valence-electron chi connectivity index (χ2n) is 5.59. The number of benzene rings is 2. The van der Waals surface area contributed by atoms with E-state index in [4.69, 9.17) is 4.74 Å². The number of hydrogen-bond donors (Lipinski definition) is 1. The van der Waals surface area contributed by atoms with Crippen LogP contribution in [0.1, 0.15) is 18.1 Å². The van der Waals surface area contributed by atoms with Gasteiger partial charge in [0.15, 0.2) is 6.10 Å². The van der Waals surface area contributed by atoms with Crippen LogP contribution in [0.4, 0.5) is 11.4 Å². The van der Waals surface area contributed by atoms with Crippen molar-refractivity contribution in [2.45, 2.75) is 20.0 Å². The van der Waals surface area contributed by atoms with E-state index in [0.29, 0.717) is 0 Å². The molecule has 0 heterocycles. The highest BCUT2D eigenvalue weighted by Gasteiger charge is 2.20. The van der Waals surface area contributed by atoms with E-state index in [0.717, 1.165) is 11.1 Å². The summed E-state index contributed by atoms with van der Waals surface area (Å²) >= 11 is 0. The van der Waals surface area contributed by atoms with E-state index in [2.05, 4.69) is 5.32 Å². The number of rotatable bonds is 6. The number of anilines is 1. The number of ether oxygens (including phenoxy) is 1. The third kappa shape index (κ3) is 5.27. The Labute approximate surface area is 150 Å². The van der Waals surface area contributed by atoms with E-state index < -0.39 is 22.9 Å². The van der Waals surface area contributed by atoms with Crippen LogP contribution in [-0.2, 0) is 14.3 Å². The van der Waals surface area contributed by atoms with Crippen LogP contribution in [-0.4, -0.2) is 22.9 Å². The number of hydrogen-bond acceptors (Lipinski definition) is 5. The van der Waals surface area contributed by atoms with Gasteiger partial charge in [-0.25, -0.2) is 4.79 Å². The summed E-state index contributed by atoms with van der Waals surface area (Å²) in [7, 11) is 0. The third-order valence-electron chi connectivity index (χ3n) is 3.47. The zero-order valence-corrected chi connectivity index (χ0v) is 14.3. The Bertz CT molecular complexity index is 861. The topological polar surface area (TPSA) is 98.5 Å². The summed E-state index contributed by atoms with van der Waals surface area (Å²) in [6, 6.07) is 13.3. The standard InChI is InChI=1S/C19H18N2O5/c1-13-6-5-7-15(12-13)10-11-18(22)26-14(2)19(23)20-16-8-3-4-9-17(16)21(24)25/h3-12,14H,1-2H3,(H,20,23)/b11-10+/t14-/m0/s1. The van der Waals surface area contributed by atoms with Crippen molar-refractivity contribution in [3.63, 3.8) is 0 Å². The molecule has 0 fully saturated rings.